The molecule has 0 saturated carbocycles. The molecule has 0 aromatic carbocycles. The van der Waals surface area contributed by atoms with Crippen LogP contribution in [0.25, 0.3) is 0 Å². The zero-order chi connectivity index (χ0) is 7.23. The van der Waals surface area contributed by atoms with Crippen LogP contribution in [0.5, 0.6) is 0 Å². The van der Waals surface area contributed by atoms with E-state index < -0.39 is 0 Å². The van der Waals surface area contributed by atoms with Crippen molar-refractivity contribution in [1.82, 2.24) is 0 Å². The molecule has 0 spiro atoms. The minimum Gasteiger partial charge on any atom is -0.384 e. The fourth-order valence-corrected chi connectivity index (χ4v) is 0.513. The van der Waals surface area contributed by atoms with Gasteiger partial charge in [0.2, 0.25) is 0 Å². The van der Waals surface area contributed by atoms with E-state index in [1.54, 1.807) is 0 Å². The van der Waals surface area contributed by atoms with E-state index in [4.69, 9.17) is 14.6 Å². The lowest BCUT2D eigenvalue weighted by Crippen LogP contribution is -2.00. The van der Waals surface area contributed by atoms with Gasteiger partial charge in [0.25, 0.3) is 0 Å². The van der Waals surface area contributed by atoms with Crippen molar-refractivity contribution < 1.29 is 14.6 Å². The van der Waals surface area contributed by atoms with Crippen LogP contribution in [0.3, 0.4) is 0 Å². The molecule has 10 heavy (non-hydrogen) atoms. The van der Waals surface area contributed by atoms with Gasteiger partial charge in [0.05, 0.1) is 13.2 Å². The monoisotopic (exact) mass is 142 g/mol. The van der Waals surface area contributed by atoms with E-state index in [9.17, 15) is 0 Å². The zero-order valence-corrected chi connectivity index (χ0v) is 5.67. The SMILES string of the molecule is OCC#CCOCC1CO1. The quantitative estimate of drug-likeness (QED) is 0.325. The lowest BCUT2D eigenvalue weighted by atomic mass is 10.5. The van der Waals surface area contributed by atoms with E-state index in [0.717, 1.165) is 6.61 Å². The van der Waals surface area contributed by atoms with Crippen LogP contribution in [-0.2, 0) is 9.47 Å². The van der Waals surface area contributed by atoms with Crippen LogP contribution in [0.2, 0.25) is 0 Å². The van der Waals surface area contributed by atoms with Gasteiger partial charge in [-0.3, -0.25) is 0 Å². The standard InChI is InChI=1S/C7H10O3/c8-3-1-2-4-9-5-7-6-10-7/h7-8H,3-6H2. The zero-order valence-electron chi connectivity index (χ0n) is 5.67. The van der Waals surface area contributed by atoms with E-state index in [1.807, 2.05) is 0 Å². The Morgan fingerprint density at radius 1 is 1.60 bits per heavy atom. The Labute approximate surface area is 59.9 Å². The fourth-order valence-electron chi connectivity index (χ4n) is 0.513. The number of epoxide rings is 1. The Hall–Kier alpha value is -0.560. The van der Waals surface area contributed by atoms with Crippen molar-refractivity contribution in [2.24, 2.45) is 0 Å². The summed E-state index contributed by atoms with van der Waals surface area (Å²) in [7, 11) is 0. The lowest BCUT2D eigenvalue weighted by Gasteiger charge is -1.92. The normalized spacial score (nSPS) is 21.5. The molecule has 1 heterocycles. The van der Waals surface area contributed by atoms with Crippen LogP contribution < -0.4 is 0 Å². The van der Waals surface area contributed by atoms with E-state index in [1.165, 1.54) is 0 Å². The second kappa shape index (κ2) is 4.29. The summed E-state index contributed by atoms with van der Waals surface area (Å²) in [6.07, 6.45) is 0.302. The Bertz CT molecular complexity index is 141. The maximum Gasteiger partial charge on any atom is 0.107 e. The summed E-state index contributed by atoms with van der Waals surface area (Å²) in [6, 6.07) is 0. The highest BCUT2D eigenvalue weighted by molar-refractivity contribution is 4.98. The van der Waals surface area contributed by atoms with Crippen LogP contribution in [0.1, 0.15) is 0 Å². The van der Waals surface area contributed by atoms with Crippen LogP contribution in [0.15, 0.2) is 0 Å². The highest BCUT2D eigenvalue weighted by Crippen LogP contribution is 2.07. The summed E-state index contributed by atoms with van der Waals surface area (Å²) in [4.78, 5) is 0. The second-order valence-corrected chi connectivity index (χ2v) is 1.98. The van der Waals surface area contributed by atoms with Gasteiger partial charge in [-0.1, -0.05) is 11.8 Å². The molecule has 1 fully saturated rings. The molecular weight excluding hydrogens is 132 g/mol. The summed E-state index contributed by atoms with van der Waals surface area (Å²) >= 11 is 0. The maximum absolute atomic E-state index is 8.23. The molecule has 0 amide bonds. The highest BCUT2D eigenvalue weighted by atomic mass is 16.6. The third-order valence-electron chi connectivity index (χ3n) is 1.08. The molecule has 0 aromatic rings. The number of hydrogen-bond acceptors (Lipinski definition) is 3. The van der Waals surface area contributed by atoms with Gasteiger partial charge in [-0.25, -0.2) is 0 Å². The van der Waals surface area contributed by atoms with Crippen molar-refractivity contribution in [3.63, 3.8) is 0 Å². The van der Waals surface area contributed by atoms with Crippen molar-refractivity contribution in [2.75, 3.05) is 26.4 Å². The summed E-state index contributed by atoms with van der Waals surface area (Å²) in [5.41, 5.74) is 0. The average Bonchev–Trinajstić information content (AvgIpc) is 2.71. The molecule has 56 valence electrons. The van der Waals surface area contributed by atoms with E-state index in [2.05, 4.69) is 11.8 Å². The predicted octanol–water partition coefficient (Wildman–Crippen LogP) is -0.603. The molecule has 3 nitrogen and oxygen atoms in total. The van der Waals surface area contributed by atoms with Crippen LogP contribution in [-0.4, -0.2) is 37.6 Å². The largest absolute Gasteiger partial charge is 0.384 e. The van der Waals surface area contributed by atoms with Gasteiger partial charge >= 0.3 is 0 Å². The van der Waals surface area contributed by atoms with Gasteiger partial charge in [0.1, 0.15) is 19.3 Å². The predicted molar refractivity (Wildman–Crippen MR) is 35.4 cm³/mol. The molecule has 1 N–H and O–H groups in total. The second-order valence-electron chi connectivity index (χ2n) is 1.98. The first-order valence-corrected chi connectivity index (χ1v) is 3.19. The van der Waals surface area contributed by atoms with Gasteiger partial charge in [-0.2, -0.15) is 0 Å². The summed E-state index contributed by atoms with van der Waals surface area (Å²) in [5.74, 6) is 5.12. The van der Waals surface area contributed by atoms with E-state index in [0.29, 0.717) is 19.3 Å². The third kappa shape index (κ3) is 3.46. The number of ether oxygens (including phenoxy) is 2. The van der Waals surface area contributed by atoms with Gasteiger partial charge in [0.15, 0.2) is 0 Å². The van der Waals surface area contributed by atoms with Crippen molar-refractivity contribution in [3.05, 3.63) is 0 Å². The van der Waals surface area contributed by atoms with Crippen LogP contribution >= 0.6 is 0 Å². The molecule has 0 bridgehead atoms. The van der Waals surface area contributed by atoms with Crippen molar-refractivity contribution in [3.8, 4) is 11.8 Å². The molecule has 3 heteroatoms. The van der Waals surface area contributed by atoms with Gasteiger partial charge in [-0.15, -0.1) is 0 Å². The molecule has 1 rings (SSSR count). The summed E-state index contributed by atoms with van der Waals surface area (Å²) in [6.45, 7) is 1.73. The topological polar surface area (TPSA) is 42.0 Å². The minimum absolute atomic E-state index is 0.0940. The van der Waals surface area contributed by atoms with Crippen LogP contribution in [0, 0.1) is 11.8 Å². The van der Waals surface area contributed by atoms with E-state index >= 15 is 0 Å². The minimum atomic E-state index is -0.0940. The molecule has 1 aliphatic rings. The summed E-state index contributed by atoms with van der Waals surface area (Å²) < 4.78 is 9.94. The van der Waals surface area contributed by atoms with Gasteiger partial charge in [0, 0.05) is 0 Å². The lowest BCUT2D eigenvalue weighted by molar-refractivity contribution is 0.145. The smallest absolute Gasteiger partial charge is 0.107 e. The Balaban J connectivity index is 1.84. The molecule has 0 aromatic heterocycles. The molecule has 0 radical (unpaired) electrons. The van der Waals surface area contributed by atoms with Crippen molar-refractivity contribution >= 4 is 0 Å². The first kappa shape index (κ1) is 7.55. The number of rotatable bonds is 3. The molecule has 1 aliphatic heterocycles. The first-order valence-electron chi connectivity index (χ1n) is 3.19. The third-order valence-corrected chi connectivity index (χ3v) is 1.08. The molecule has 1 atom stereocenters. The Kier molecular flexibility index (Phi) is 3.23. The number of aliphatic hydroxyl groups excluding tert-OH is 1. The Morgan fingerprint density at radius 3 is 3.00 bits per heavy atom. The maximum atomic E-state index is 8.23. The molecule has 1 unspecified atom stereocenters. The van der Waals surface area contributed by atoms with Crippen molar-refractivity contribution in [1.29, 1.82) is 0 Å². The summed E-state index contributed by atoms with van der Waals surface area (Å²) in [5, 5.41) is 8.23. The highest BCUT2D eigenvalue weighted by Gasteiger charge is 2.21. The molecule has 1 saturated heterocycles. The first-order chi connectivity index (χ1) is 4.93. The van der Waals surface area contributed by atoms with Crippen molar-refractivity contribution in [2.45, 2.75) is 6.10 Å². The fraction of sp³-hybridized carbons (Fsp3) is 0.714. The van der Waals surface area contributed by atoms with Gasteiger partial charge < -0.3 is 14.6 Å². The van der Waals surface area contributed by atoms with Crippen LogP contribution in [0.4, 0.5) is 0 Å². The number of aliphatic hydroxyl groups is 1. The molecular formula is C7H10O3. The van der Waals surface area contributed by atoms with E-state index in [-0.39, 0.29) is 6.61 Å². The van der Waals surface area contributed by atoms with Gasteiger partial charge in [-0.05, 0) is 0 Å². The number of hydrogen-bond donors (Lipinski definition) is 1. The average molecular weight is 142 g/mol. The Morgan fingerprint density at radius 2 is 2.40 bits per heavy atom. The molecule has 0 aliphatic carbocycles.